The molecule has 0 bridgehead atoms. The summed E-state index contributed by atoms with van der Waals surface area (Å²) in [7, 11) is 0. The molecule has 4 rings (SSSR count). The molecule has 0 radical (unpaired) electrons. The number of ether oxygens (including phenoxy) is 2. The smallest absolute Gasteiger partial charge is 0.408 e. The van der Waals surface area contributed by atoms with Crippen LogP contribution in [0.4, 0.5) is 4.79 Å². The molecule has 0 saturated carbocycles. The lowest BCUT2D eigenvalue weighted by atomic mass is 10.1. The normalized spacial score (nSPS) is 11.4. The molecule has 2 aromatic heterocycles. The van der Waals surface area contributed by atoms with Crippen molar-refractivity contribution < 1.29 is 32.7 Å². The van der Waals surface area contributed by atoms with E-state index in [1.807, 2.05) is 30.3 Å². The number of nitrogens with one attached hydrogen (secondary N) is 1. The van der Waals surface area contributed by atoms with Crippen LogP contribution >= 0.6 is 0 Å². The van der Waals surface area contributed by atoms with Gasteiger partial charge in [0.05, 0.1) is 13.0 Å². The molecule has 0 saturated heterocycles. The fraction of sp³-hybridized carbons (Fsp3) is 0.296. The Balaban J connectivity index is 1.39. The molecular weight excluding hydrogens is 480 g/mol. The molecule has 10 nitrogen and oxygen atoms in total. The average molecular weight is 507 g/mol. The van der Waals surface area contributed by atoms with Gasteiger partial charge in [0, 0.05) is 35.1 Å². The van der Waals surface area contributed by atoms with E-state index in [4.69, 9.17) is 18.3 Å². The van der Waals surface area contributed by atoms with Crippen molar-refractivity contribution >= 4 is 39.9 Å². The summed E-state index contributed by atoms with van der Waals surface area (Å²) < 4.78 is 21.6. The Labute approximate surface area is 211 Å². The summed E-state index contributed by atoms with van der Waals surface area (Å²) in [6.45, 7) is 4.67. The molecule has 192 valence electrons. The summed E-state index contributed by atoms with van der Waals surface area (Å²) >= 11 is 0. The van der Waals surface area contributed by atoms with Crippen molar-refractivity contribution in [1.29, 1.82) is 0 Å². The highest BCUT2D eigenvalue weighted by Gasteiger charge is 2.18. The van der Waals surface area contributed by atoms with E-state index in [-0.39, 0.29) is 37.4 Å². The van der Waals surface area contributed by atoms with Crippen LogP contribution in [0.25, 0.3) is 33.5 Å². The monoisotopic (exact) mass is 506 g/mol. The Morgan fingerprint density at radius 1 is 0.973 bits per heavy atom. The Morgan fingerprint density at radius 3 is 2.46 bits per heavy atom. The molecule has 0 aliphatic carbocycles. The van der Waals surface area contributed by atoms with Gasteiger partial charge < -0.3 is 23.6 Å². The van der Waals surface area contributed by atoms with Crippen molar-refractivity contribution in [1.82, 2.24) is 10.3 Å². The van der Waals surface area contributed by atoms with E-state index < -0.39 is 23.3 Å². The number of ketones is 1. The van der Waals surface area contributed by atoms with Crippen molar-refractivity contribution in [2.24, 2.45) is 0 Å². The third-order valence-electron chi connectivity index (χ3n) is 5.18. The third-order valence-corrected chi connectivity index (χ3v) is 5.18. The molecule has 2 aromatic carbocycles. The number of benzene rings is 2. The van der Waals surface area contributed by atoms with Gasteiger partial charge in [-0.2, -0.15) is 0 Å². The van der Waals surface area contributed by atoms with Crippen LogP contribution < -0.4 is 10.9 Å². The molecule has 0 fully saturated rings. The largest absolute Gasteiger partial charge is 0.461 e. The number of oxazole rings is 1. The SMILES string of the molecule is CC(C)(C)OC(=O)NCC(=O)CCC(=O)OCc1cc(=O)oc2cc3nc(-c4ccccc4)oc3cc12. The quantitative estimate of drug-likeness (QED) is 0.270. The highest BCUT2D eigenvalue weighted by atomic mass is 16.6. The van der Waals surface area contributed by atoms with E-state index in [1.165, 1.54) is 6.07 Å². The van der Waals surface area contributed by atoms with E-state index in [0.717, 1.165) is 5.56 Å². The summed E-state index contributed by atoms with van der Waals surface area (Å²) in [5, 5.41) is 2.89. The van der Waals surface area contributed by atoms with E-state index >= 15 is 0 Å². The molecule has 2 heterocycles. The maximum absolute atomic E-state index is 12.2. The zero-order valence-electron chi connectivity index (χ0n) is 20.7. The highest BCUT2D eigenvalue weighted by molar-refractivity contribution is 5.93. The molecule has 0 atom stereocenters. The summed E-state index contributed by atoms with van der Waals surface area (Å²) in [5.74, 6) is -0.554. The van der Waals surface area contributed by atoms with Crippen LogP contribution in [-0.2, 0) is 25.7 Å². The van der Waals surface area contributed by atoms with Gasteiger partial charge in [0.15, 0.2) is 11.4 Å². The predicted octanol–water partition coefficient (Wildman–Crippen LogP) is 4.52. The van der Waals surface area contributed by atoms with Crippen molar-refractivity contribution in [3.63, 3.8) is 0 Å². The Morgan fingerprint density at radius 2 is 1.73 bits per heavy atom. The first-order chi connectivity index (χ1) is 17.6. The lowest BCUT2D eigenvalue weighted by molar-refractivity contribution is -0.146. The Kier molecular flexibility index (Phi) is 7.37. The van der Waals surface area contributed by atoms with Crippen molar-refractivity contribution in [3.05, 3.63) is 64.5 Å². The lowest BCUT2D eigenvalue weighted by Crippen LogP contribution is -2.35. The summed E-state index contributed by atoms with van der Waals surface area (Å²) in [6, 6.07) is 13.9. The number of aromatic nitrogens is 1. The van der Waals surface area contributed by atoms with Crippen LogP contribution in [-0.4, -0.2) is 35.0 Å². The van der Waals surface area contributed by atoms with Gasteiger partial charge in [0.2, 0.25) is 5.89 Å². The number of hydrogen-bond donors (Lipinski definition) is 1. The predicted molar refractivity (Wildman–Crippen MR) is 134 cm³/mol. The van der Waals surface area contributed by atoms with Crippen LogP contribution in [0, 0.1) is 0 Å². The zero-order chi connectivity index (χ0) is 26.6. The second kappa shape index (κ2) is 10.7. The van der Waals surface area contributed by atoms with E-state index in [2.05, 4.69) is 10.3 Å². The van der Waals surface area contributed by atoms with Crippen LogP contribution in [0.2, 0.25) is 0 Å². The van der Waals surface area contributed by atoms with Gasteiger partial charge in [-0.25, -0.2) is 14.6 Å². The molecule has 1 amide bonds. The molecule has 1 N–H and O–H groups in total. The maximum Gasteiger partial charge on any atom is 0.408 e. The van der Waals surface area contributed by atoms with Crippen molar-refractivity contribution in [3.8, 4) is 11.5 Å². The van der Waals surface area contributed by atoms with Crippen molar-refractivity contribution in [2.75, 3.05) is 6.54 Å². The fourth-order valence-electron chi connectivity index (χ4n) is 3.52. The van der Waals surface area contributed by atoms with Gasteiger partial charge >= 0.3 is 17.7 Å². The molecule has 0 spiro atoms. The third kappa shape index (κ3) is 6.81. The number of carbonyl (C=O) groups is 3. The second-order valence-corrected chi connectivity index (χ2v) is 9.35. The molecule has 4 aromatic rings. The Bertz CT molecular complexity index is 1510. The Hall–Kier alpha value is -4.47. The van der Waals surface area contributed by atoms with Crippen molar-refractivity contribution in [2.45, 2.75) is 45.8 Å². The summed E-state index contributed by atoms with van der Waals surface area (Å²) in [4.78, 5) is 52.4. The number of hydrogen-bond acceptors (Lipinski definition) is 9. The maximum atomic E-state index is 12.2. The molecule has 10 heteroatoms. The average Bonchev–Trinajstić information content (AvgIpc) is 3.26. The second-order valence-electron chi connectivity index (χ2n) is 9.35. The molecular formula is C27H26N2O8. The minimum Gasteiger partial charge on any atom is -0.461 e. The molecule has 37 heavy (non-hydrogen) atoms. The molecule has 0 unspecified atom stereocenters. The number of rotatable bonds is 8. The van der Waals surface area contributed by atoms with Crippen LogP contribution in [0.5, 0.6) is 0 Å². The first kappa shape index (κ1) is 25.6. The minimum atomic E-state index is -0.713. The number of alkyl carbamates (subject to hydrolysis) is 1. The first-order valence-corrected chi connectivity index (χ1v) is 11.6. The molecule has 0 aliphatic heterocycles. The summed E-state index contributed by atoms with van der Waals surface area (Å²) in [6.07, 6.45) is -1.01. The van der Waals surface area contributed by atoms with Gasteiger partial charge in [0.1, 0.15) is 23.3 Å². The van der Waals surface area contributed by atoms with E-state index in [0.29, 0.717) is 27.9 Å². The lowest BCUT2D eigenvalue weighted by Gasteiger charge is -2.19. The first-order valence-electron chi connectivity index (χ1n) is 11.6. The number of esters is 1. The summed E-state index contributed by atoms with van der Waals surface area (Å²) in [5.41, 5.74) is 1.22. The standard InChI is InChI=1S/C27H26N2O8/c1-27(2,3)37-26(33)28-14-18(30)9-10-23(31)34-15-17-11-24(32)35-21-13-20-22(12-19(17)21)36-25(29-20)16-7-5-4-6-8-16/h4-8,11-13H,9-10,14-15H2,1-3H3,(H,28,33). The van der Waals surface area contributed by atoms with E-state index in [9.17, 15) is 19.2 Å². The number of carbonyl (C=O) groups excluding carboxylic acids is 3. The number of amides is 1. The van der Waals surface area contributed by atoms with E-state index in [1.54, 1.807) is 32.9 Å². The minimum absolute atomic E-state index is 0.118. The van der Waals surface area contributed by atoms with Crippen LogP contribution in [0.3, 0.4) is 0 Å². The number of Topliss-reactive ketones (excluding diaryl/α,β-unsaturated/α-hetero) is 1. The van der Waals surface area contributed by atoms with Crippen LogP contribution in [0.1, 0.15) is 39.2 Å². The van der Waals surface area contributed by atoms with Gasteiger partial charge in [-0.05, 0) is 39.0 Å². The topological polar surface area (TPSA) is 138 Å². The highest BCUT2D eigenvalue weighted by Crippen LogP contribution is 2.29. The number of nitrogens with zero attached hydrogens (tertiary/aromatic N) is 1. The fourth-order valence-corrected chi connectivity index (χ4v) is 3.52. The number of fused-ring (bicyclic) bond motifs is 2. The zero-order valence-corrected chi connectivity index (χ0v) is 20.7. The van der Waals surface area contributed by atoms with Gasteiger partial charge in [-0.3, -0.25) is 9.59 Å². The van der Waals surface area contributed by atoms with Crippen LogP contribution in [0.15, 0.2) is 62.2 Å². The van der Waals surface area contributed by atoms with Gasteiger partial charge in [-0.15, -0.1) is 0 Å². The molecule has 0 aliphatic rings. The van der Waals surface area contributed by atoms with Gasteiger partial charge in [-0.1, -0.05) is 18.2 Å². The van der Waals surface area contributed by atoms with Gasteiger partial charge in [0.25, 0.3) is 0 Å².